The number of hydrogen-bond acceptors (Lipinski definition) is 4. The topological polar surface area (TPSA) is 86.8 Å². The SMILES string of the molecule is Cc1ccc(CN(C(=O)CCCN(c2cc(Cl)ccc2C)S(C)(=O)=O)[C@@H](Cc2ccccc2)C(=O)NCC(C)C)cc1. The lowest BCUT2D eigenvalue weighted by molar-refractivity contribution is -0.141. The summed E-state index contributed by atoms with van der Waals surface area (Å²) in [4.78, 5) is 29.2. The minimum atomic E-state index is -3.63. The Kier molecular flexibility index (Phi) is 12.0. The summed E-state index contributed by atoms with van der Waals surface area (Å²) < 4.78 is 26.8. The van der Waals surface area contributed by atoms with Gasteiger partial charge in [0.05, 0.1) is 11.9 Å². The van der Waals surface area contributed by atoms with Crippen LogP contribution in [0.3, 0.4) is 0 Å². The smallest absolute Gasteiger partial charge is 0.243 e. The van der Waals surface area contributed by atoms with E-state index in [4.69, 9.17) is 11.6 Å². The van der Waals surface area contributed by atoms with Crippen LogP contribution in [0.4, 0.5) is 5.69 Å². The van der Waals surface area contributed by atoms with Crippen molar-refractivity contribution in [2.75, 3.05) is 23.7 Å². The van der Waals surface area contributed by atoms with Gasteiger partial charge < -0.3 is 10.2 Å². The number of amides is 2. The number of anilines is 1. The molecule has 0 saturated carbocycles. The standard InChI is InChI=1S/C33H42ClN3O4S/c1-24(2)22-35-33(39)31(20-27-10-7-6-8-11-27)36(23-28-16-13-25(3)14-17-28)32(38)12-9-19-37(42(5,40)41)30-21-29(34)18-15-26(30)4/h6-8,10-11,13-18,21,24,31H,9,12,19-20,22-23H2,1-5H3,(H,35,39)/t31-/m0/s1. The number of sulfonamides is 1. The van der Waals surface area contributed by atoms with Crippen molar-refractivity contribution in [1.82, 2.24) is 10.2 Å². The lowest BCUT2D eigenvalue weighted by Crippen LogP contribution is -2.51. The first-order valence-corrected chi connectivity index (χ1v) is 16.5. The number of nitrogens with one attached hydrogen (secondary N) is 1. The van der Waals surface area contributed by atoms with Gasteiger partial charge in [0.2, 0.25) is 21.8 Å². The molecule has 0 saturated heterocycles. The zero-order valence-electron chi connectivity index (χ0n) is 25.1. The molecule has 42 heavy (non-hydrogen) atoms. The molecule has 226 valence electrons. The first-order valence-electron chi connectivity index (χ1n) is 14.3. The van der Waals surface area contributed by atoms with Gasteiger partial charge in [0.1, 0.15) is 6.04 Å². The maximum Gasteiger partial charge on any atom is 0.243 e. The van der Waals surface area contributed by atoms with Crippen LogP contribution in [0, 0.1) is 19.8 Å². The second kappa shape index (κ2) is 15.2. The van der Waals surface area contributed by atoms with E-state index in [2.05, 4.69) is 5.32 Å². The molecule has 1 N–H and O–H groups in total. The molecular weight excluding hydrogens is 570 g/mol. The summed E-state index contributed by atoms with van der Waals surface area (Å²) in [5, 5.41) is 3.46. The Morgan fingerprint density at radius 2 is 1.60 bits per heavy atom. The molecule has 3 aromatic carbocycles. The zero-order chi connectivity index (χ0) is 30.9. The van der Waals surface area contributed by atoms with Crippen LogP contribution >= 0.6 is 11.6 Å². The molecule has 0 aliphatic rings. The van der Waals surface area contributed by atoms with E-state index < -0.39 is 16.1 Å². The van der Waals surface area contributed by atoms with Gasteiger partial charge in [0.15, 0.2) is 0 Å². The number of carbonyl (C=O) groups is 2. The first-order chi connectivity index (χ1) is 19.8. The summed E-state index contributed by atoms with van der Waals surface area (Å²) in [5.41, 5.74) is 4.22. The third-order valence-corrected chi connectivity index (χ3v) is 8.44. The molecule has 0 aliphatic carbocycles. The van der Waals surface area contributed by atoms with E-state index in [1.54, 1.807) is 23.1 Å². The van der Waals surface area contributed by atoms with E-state index >= 15 is 0 Å². The fourth-order valence-corrected chi connectivity index (χ4v) is 5.88. The van der Waals surface area contributed by atoms with E-state index in [-0.39, 0.29) is 43.7 Å². The molecule has 0 radical (unpaired) electrons. The summed E-state index contributed by atoms with van der Waals surface area (Å²) in [7, 11) is -3.63. The van der Waals surface area contributed by atoms with Crippen LogP contribution < -0.4 is 9.62 Å². The summed E-state index contributed by atoms with van der Waals surface area (Å²) in [6, 6.07) is 21.9. The Bertz CT molecular complexity index is 1440. The van der Waals surface area contributed by atoms with Gasteiger partial charge in [-0.25, -0.2) is 8.42 Å². The minimum Gasteiger partial charge on any atom is -0.354 e. The minimum absolute atomic E-state index is 0.0697. The van der Waals surface area contributed by atoms with Crippen molar-refractivity contribution in [2.45, 2.75) is 59.5 Å². The predicted molar refractivity (Wildman–Crippen MR) is 171 cm³/mol. The maximum atomic E-state index is 13.9. The van der Waals surface area contributed by atoms with Crippen LogP contribution in [-0.2, 0) is 32.6 Å². The van der Waals surface area contributed by atoms with Gasteiger partial charge in [0, 0.05) is 37.5 Å². The maximum absolute atomic E-state index is 13.9. The summed E-state index contributed by atoms with van der Waals surface area (Å²) >= 11 is 6.18. The fourth-order valence-electron chi connectivity index (χ4n) is 4.70. The molecule has 3 rings (SSSR count). The second-order valence-corrected chi connectivity index (χ2v) is 13.6. The Hall–Kier alpha value is -3.36. The number of halogens is 1. The third-order valence-electron chi connectivity index (χ3n) is 7.02. The van der Waals surface area contributed by atoms with Crippen molar-refractivity contribution in [3.63, 3.8) is 0 Å². The largest absolute Gasteiger partial charge is 0.354 e. The molecule has 2 amide bonds. The normalized spacial score (nSPS) is 12.2. The van der Waals surface area contributed by atoms with Crippen LogP contribution in [0.15, 0.2) is 72.8 Å². The van der Waals surface area contributed by atoms with Crippen molar-refractivity contribution < 1.29 is 18.0 Å². The second-order valence-electron chi connectivity index (χ2n) is 11.2. The Balaban J connectivity index is 1.89. The third kappa shape index (κ3) is 9.88. The van der Waals surface area contributed by atoms with Gasteiger partial charge in [0.25, 0.3) is 0 Å². The predicted octanol–water partition coefficient (Wildman–Crippen LogP) is 5.92. The Morgan fingerprint density at radius 3 is 2.21 bits per heavy atom. The summed E-state index contributed by atoms with van der Waals surface area (Å²) in [5.74, 6) is -0.169. The molecule has 0 heterocycles. The number of nitrogens with zero attached hydrogens (tertiary/aromatic N) is 2. The molecule has 0 fully saturated rings. The van der Waals surface area contributed by atoms with Gasteiger partial charge in [-0.1, -0.05) is 91.7 Å². The van der Waals surface area contributed by atoms with Crippen LogP contribution in [0.25, 0.3) is 0 Å². The molecule has 0 aliphatic heterocycles. The van der Waals surface area contributed by atoms with Crippen LogP contribution in [0.1, 0.15) is 48.9 Å². The molecule has 3 aromatic rings. The van der Waals surface area contributed by atoms with Crippen molar-refractivity contribution in [3.8, 4) is 0 Å². The zero-order valence-corrected chi connectivity index (χ0v) is 26.7. The highest BCUT2D eigenvalue weighted by molar-refractivity contribution is 7.92. The van der Waals surface area contributed by atoms with Crippen LogP contribution in [0.5, 0.6) is 0 Å². The number of hydrogen-bond donors (Lipinski definition) is 1. The molecule has 0 unspecified atom stereocenters. The Labute approximate surface area is 255 Å². The van der Waals surface area contributed by atoms with Crippen molar-refractivity contribution >= 4 is 39.1 Å². The van der Waals surface area contributed by atoms with Gasteiger partial charge in [-0.05, 0) is 55.0 Å². The van der Waals surface area contributed by atoms with Gasteiger partial charge in [-0.2, -0.15) is 0 Å². The molecule has 0 aromatic heterocycles. The van der Waals surface area contributed by atoms with Gasteiger partial charge >= 0.3 is 0 Å². The summed E-state index contributed by atoms with van der Waals surface area (Å²) in [6.45, 7) is 8.73. The molecular formula is C33H42ClN3O4S. The highest BCUT2D eigenvalue weighted by Crippen LogP contribution is 2.27. The lowest BCUT2D eigenvalue weighted by atomic mass is 10.0. The fraction of sp³-hybridized carbons (Fsp3) is 0.394. The van der Waals surface area contributed by atoms with E-state index in [0.717, 1.165) is 28.5 Å². The van der Waals surface area contributed by atoms with Crippen LogP contribution in [0.2, 0.25) is 5.02 Å². The number of aryl methyl sites for hydroxylation is 2. The monoisotopic (exact) mass is 611 g/mol. The Morgan fingerprint density at radius 1 is 0.929 bits per heavy atom. The molecule has 9 heteroatoms. The van der Waals surface area contributed by atoms with Crippen LogP contribution in [-0.4, -0.2) is 50.5 Å². The highest BCUT2D eigenvalue weighted by Gasteiger charge is 2.30. The average molecular weight is 612 g/mol. The number of rotatable bonds is 14. The summed E-state index contributed by atoms with van der Waals surface area (Å²) in [6.07, 6.45) is 1.85. The van der Waals surface area contributed by atoms with E-state index in [9.17, 15) is 18.0 Å². The van der Waals surface area contributed by atoms with Crippen molar-refractivity contribution in [1.29, 1.82) is 0 Å². The van der Waals surface area contributed by atoms with E-state index in [1.807, 2.05) is 82.3 Å². The van der Waals surface area contributed by atoms with Gasteiger partial charge in [-0.15, -0.1) is 0 Å². The van der Waals surface area contributed by atoms with E-state index in [0.29, 0.717) is 23.7 Å². The van der Waals surface area contributed by atoms with E-state index in [1.165, 1.54) is 4.31 Å². The highest BCUT2D eigenvalue weighted by atomic mass is 35.5. The lowest BCUT2D eigenvalue weighted by Gasteiger charge is -2.32. The quantitative estimate of drug-likeness (QED) is 0.245. The van der Waals surface area contributed by atoms with Gasteiger partial charge in [-0.3, -0.25) is 13.9 Å². The first kappa shape index (κ1) is 33.1. The molecule has 7 nitrogen and oxygen atoms in total. The van der Waals surface area contributed by atoms with Crippen molar-refractivity contribution in [2.24, 2.45) is 5.92 Å². The molecule has 0 bridgehead atoms. The number of benzene rings is 3. The molecule has 1 atom stereocenters. The average Bonchev–Trinajstić information content (AvgIpc) is 2.94. The number of carbonyl (C=O) groups excluding carboxylic acids is 2. The molecule has 0 spiro atoms. The van der Waals surface area contributed by atoms with Crippen molar-refractivity contribution in [3.05, 3.63) is 100 Å².